The van der Waals surface area contributed by atoms with Gasteiger partial charge in [0.25, 0.3) is 0 Å². The summed E-state index contributed by atoms with van der Waals surface area (Å²) in [4.78, 5) is 0. The van der Waals surface area contributed by atoms with E-state index in [4.69, 9.17) is 0 Å². The van der Waals surface area contributed by atoms with Gasteiger partial charge in [-0.25, -0.2) is 0 Å². The highest BCUT2D eigenvalue weighted by molar-refractivity contribution is 5.13. The average Bonchev–Trinajstić information content (AvgIpc) is 1.98. The molecule has 0 atom stereocenters. The van der Waals surface area contributed by atoms with Crippen LogP contribution in [0.4, 0.5) is 0 Å². The van der Waals surface area contributed by atoms with Crippen molar-refractivity contribution in [1.29, 1.82) is 0 Å². The molecule has 0 saturated heterocycles. The maximum atomic E-state index is 3.86. The molecule has 0 aromatic carbocycles. The standard InChI is InChI=1S/C10H16/c1-4-6-7-8-9-10(3)5-2/h4,8-9H,1,3,5-7H2,2H3. The van der Waals surface area contributed by atoms with E-state index in [-0.39, 0.29) is 0 Å². The van der Waals surface area contributed by atoms with Gasteiger partial charge in [0, 0.05) is 0 Å². The Morgan fingerprint density at radius 1 is 1.40 bits per heavy atom. The highest BCUT2D eigenvalue weighted by Crippen LogP contribution is 2.00. The molecule has 0 bridgehead atoms. The molecular formula is C10H16. The van der Waals surface area contributed by atoms with Gasteiger partial charge in [-0.1, -0.05) is 37.3 Å². The summed E-state index contributed by atoms with van der Waals surface area (Å²) in [6, 6.07) is 0. The van der Waals surface area contributed by atoms with Crippen molar-refractivity contribution in [3.63, 3.8) is 0 Å². The van der Waals surface area contributed by atoms with Gasteiger partial charge in [-0.15, -0.1) is 6.58 Å². The summed E-state index contributed by atoms with van der Waals surface area (Å²) in [5.74, 6) is 0. The Kier molecular flexibility index (Phi) is 5.85. The molecule has 0 amide bonds. The van der Waals surface area contributed by atoms with E-state index in [9.17, 15) is 0 Å². The lowest BCUT2D eigenvalue weighted by atomic mass is 10.2. The highest BCUT2D eigenvalue weighted by Gasteiger charge is 1.79. The van der Waals surface area contributed by atoms with Crippen LogP contribution in [0.3, 0.4) is 0 Å². The van der Waals surface area contributed by atoms with Gasteiger partial charge in [-0.3, -0.25) is 0 Å². The highest BCUT2D eigenvalue weighted by atomic mass is 13.9. The third-order valence-electron chi connectivity index (χ3n) is 1.35. The van der Waals surface area contributed by atoms with E-state index in [0.717, 1.165) is 19.3 Å². The number of rotatable bonds is 5. The summed E-state index contributed by atoms with van der Waals surface area (Å²) in [5, 5.41) is 0. The minimum absolute atomic E-state index is 1.05. The fourth-order valence-electron chi connectivity index (χ4n) is 0.582. The van der Waals surface area contributed by atoms with Crippen molar-refractivity contribution in [1.82, 2.24) is 0 Å². The topological polar surface area (TPSA) is 0 Å². The number of allylic oxidation sites excluding steroid dienone is 4. The van der Waals surface area contributed by atoms with Gasteiger partial charge in [0.2, 0.25) is 0 Å². The van der Waals surface area contributed by atoms with Gasteiger partial charge in [0.05, 0.1) is 0 Å². The molecule has 0 nitrogen and oxygen atoms in total. The van der Waals surface area contributed by atoms with Gasteiger partial charge in [-0.05, 0) is 19.3 Å². The van der Waals surface area contributed by atoms with Crippen molar-refractivity contribution in [2.24, 2.45) is 0 Å². The van der Waals surface area contributed by atoms with Crippen molar-refractivity contribution in [2.75, 3.05) is 0 Å². The van der Waals surface area contributed by atoms with E-state index in [2.05, 4.69) is 32.2 Å². The lowest BCUT2D eigenvalue weighted by Gasteiger charge is -1.90. The van der Waals surface area contributed by atoms with Crippen LogP contribution in [0.25, 0.3) is 0 Å². The first-order valence-electron chi connectivity index (χ1n) is 3.76. The van der Waals surface area contributed by atoms with Gasteiger partial charge in [0.15, 0.2) is 0 Å². The Hall–Kier alpha value is -0.780. The van der Waals surface area contributed by atoms with E-state index in [1.165, 1.54) is 5.57 Å². The zero-order valence-corrected chi connectivity index (χ0v) is 6.77. The van der Waals surface area contributed by atoms with Crippen molar-refractivity contribution in [3.05, 3.63) is 37.0 Å². The summed E-state index contributed by atoms with van der Waals surface area (Å²) in [6.07, 6.45) is 9.36. The normalized spacial score (nSPS) is 10.1. The monoisotopic (exact) mass is 136 g/mol. The number of unbranched alkanes of at least 4 members (excludes halogenated alkanes) is 1. The summed E-state index contributed by atoms with van der Waals surface area (Å²) in [7, 11) is 0. The van der Waals surface area contributed by atoms with E-state index in [1.54, 1.807) is 0 Å². The molecule has 0 radical (unpaired) electrons. The van der Waals surface area contributed by atoms with E-state index in [0.29, 0.717) is 0 Å². The average molecular weight is 136 g/mol. The molecule has 0 aliphatic heterocycles. The molecular weight excluding hydrogens is 120 g/mol. The summed E-state index contributed by atoms with van der Waals surface area (Å²) >= 11 is 0. The second-order valence-electron chi connectivity index (χ2n) is 2.28. The molecule has 0 heteroatoms. The molecule has 10 heavy (non-hydrogen) atoms. The van der Waals surface area contributed by atoms with Crippen molar-refractivity contribution in [2.45, 2.75) is 26.2 Å². The Balaban J connectivity index is 3.35. The second kappa shape index (κ2) is 6.34. The van der Waals surface area contributed by atoms with Crippen LogP contribution in [0.15, 0.2) is 37.0 Å². The zero-order valence-electron chi connectivity index (χ0n) is 6.77. The van der Waals surface area contributed by atoms with E-state index >= 15 is 0 Å². The number of hydrogen-bond acceptors (Lipinski definition) is 0. The predicted molar refractivity (Wildman–Crippen MR) is 48.0 cm³/mol. The summed E-state index contributed by atoms with van der Waals surface area (Å²) in [6.45, 7) is 9.61. The maximum absolute atomic E-state index is 3.86. The molecule has 0 unspecified atom stereocenters. The Labute approximate surface area is 64.0 Å². The Bertz CT molecular complexity index is 129. The second-order valence-corrected chi connectivity index (χ2v) is 2.28. The van der Waals surface area contributed by atoms with Crippen molar-refractivity contribution < 1.29 is 0 Å². The molecule has 0 spiro atoms. The van der Waals surface area contributed by atoms with Crippen LogP contribution in [0.1, 0.15) is 26.2 Å². The SMILES string of the molecule is C=CCCC=CC(=C)CC. The van der Waals surface area contributed by atoms with Crippen LogP contribution >= 0.6 is 0 Å². The fraction of sp³-hybridized carbons (Fsp3) is 0.400. The largest absolute Gasteiger partial charge is 0.103 e. The zero-order chi connectivity index (χ0) is 7.82. The minimum atomic E-state index is 1.05. The molecule has 0 heterocycles. The summed E-state index contributed by atoms with van der Waals surface area (Å²) in [5.41, 5.74) is 1.20. The molecule has 0 aromatic heterocycles. The van der Waals surface area contributed by atoms with Crippen LogP contribution in [0.2, 0.25) is 0 Å². The van der Waals surface area contributed by atoms with Crippen LogP contribution < -0.4 is 0 Å². The molecule has 0 aliphatic rings. The first-order valence-corrected chi connectivity index (χ1v) is 3.76. The lowest BCUT2D eigenvalue weighted by molar-refractivity contribution is 1.05. The third kappa shape index (κ3) is 5.36. The minimum Gasteiger partial charge on any atom is -0.103 e. The fourth-order valence-corrected chi connectivity index (χ4v) is 0.582. The molecule has 0 N–H and O–H groups in total. The van der Waals surface area contributed by atoms with Crippen molar-refractivity contribution >= 4 is 0 Å². The van der Waals surface area contributed by atoms with Crippen LogP contribution in [-0.2, 0) is 0 Å². The maximum Gasteiger partial charge on any atom is -0.0313 e. The lowest BCUT2D eigenvalue weighted by Crippen LogP contribution is -1.69. The Morgan fingerprint density at radius 3 is 2.60 bits per heavy atom. The molecule has 0 fully saturated rings. The van der Waals surface area contributed by atoms with Crippen LogP contribution in [0, 0.1) is 0 Å². The molecule has 0 rings (SSSR count). The molecule has 0 aliphatic carbocycles. The molecule has 56 valence electrons. The van der Waals surface area contributed by atoms with E-state index in [1.807, 2.05) is 6.08 Å². The van der Waals surface area contributed by atoms with Gasteiger partial charge < -0.3 is 0 Å². The van der Waals surface area contributed by atoms with Crippen molar-refractivity contribution in [3.8, 4) is 0 Å². The van der Waals surface area contributed by atoms with Gasteiger partial charge >= 0.3 is 0 Å². The first kappa shape index (κ1) is 9.22. The van der Waals surface area contributed by atoms with Gasteiger partial charge in [-0.2, -0.15) is 0 Å². The van der Waals surface area contributed by atoms with Gasteiger partial charge in [0.1, 0.15) is 0 Å². The quantitative estimate of drug-likeness (QED) is 0.308. The van der Waals surface area contributed by atoms with Crippen LogP contribution in [-0.4, -0.2) is 0 Å². The third-order valence-corrected chi connectivity index (χ3v) is 1.35. The molecule has 0 saturated carbocycles. The van der Waals surface area contributed by atoms with Crippen LogP contribution in [0.5, 0.6) is 0 Å². The first-order chi connectivity index (χ1) is 4.81. The van der Waals surface area contributed by atoms with E-state index < -0.39 is 0 Å². The predicted octanol–water partition coefficient (Wildman–Crippen LogP) is 3.48. The summed E-state index contributed by atoms with van der Waals surface area (Å²) < 4.78 is 0. The Morgan fingerprint density at radius 2 is 2.10 bits per heavy atom. The molecule has 0 aromatic rings. The number of hydrogen-bond donors (Lipinski definition) is 0. The smallest absolute Gasteiger partial charge is 0.0313 e.